The van der Waals surface area contributed by atoms with Crippen molar-refractivity contribution in [1.29, 1.82) is 0 Å². The molecule has 0 aromatic heterocycles. The Labute approximate surface area is 90.0 Å². The summed E-state index contributed by atoms with van der Waals surface area (Å²) in [5, 5.41) is 0.513. The topological polar surface area (TPSA) is 80.4 Å². The van der Waals surface area contributed by atoms with Crippen LogP contribution in [0.5, 0.6) is 0 Å². The summed E-state index contributed by atoms with van der Waals surface area (Å²) in [6.45, 7) is 3.32. The fraction of sp³-hybridized carbons (Fsp3) is 0.300. The average molecular weight is 228 g/mol. The molecule has 1 atom stereocenters. The molecule has 0 heterocycles. The van der Waals surface area contributed by atoms with Gasteiger partial charge in [-0.05, 0) is 28.7 Å². The smallest absolute Gasteiger partial charge is 0.370 e. The molecular weight excluding hydrogens is 213 g/mol. The van der Waals surface area contributed by atoms with Crippen molar-refractivity contribution in [2.24, 2.45) is 5.73 Å². The molecule has 82 valence electrons. The summed E-state index contributed by atoms with van der Waals surface area (Å²) in [5.41, 5.74) is 5.57. The summed E-state index contributed by atoms with van der Waals surface area (Å²) >= 11 is 0. The molecule has 15 heavy (non-hydrogen) atoms. The Balaban J connectivity index is 0.000000423. The predicted octanol–water partition coefficient (Wildman–Crippen LogP) is 1.10. The molecule has 4 nitrogen and oxygen atoms in total. The highest BCUT2D eigenvalue weighted by Crippen LogP contribution is 2.13. The Kier molecular flexibility index (Phi) is 6.50. The number of hydrogen-bond acceptors (Lipinski definition) is 2. The highest BCUT2D eigenvalue weighted by molar-refractivity contribution is 7.47. The zero-order valence-corrected chi connectivity index (χ0v) is 9.70. The molecule has 0 fully saturated rings. The van der Waals surface area contributed by atoms with Gasteiger partial charge >= 0.3 is 8.03 Å². The van der Waals surface area contributed by atoms with Crippen molar-refractivity contribution >= 4 is 19.2 Å². The summed E-state index contributed by atoms with van der Waals surface area (Å²) in [6, 6.07) is 7.18. The van der Waals surface area contributed by atoms with Gasteiger partial charge in [0.15, 0.2) is 0 Å². The lowest BCUT2D eigenvalue weighted by Crippen LogP contribution is -2.01. The first-order chi connectivity index (χ1) is 6.97. The van der Waals surface area contributed by atoms with E-state index in [-0.39, 0.29) is 5.91 Å². The zero-order chi connectivity index (χ0) is 11.8. The van der Waals surface area contributed by atoms with Crippen molar-refractivity contribution in [2.45, 2.75) is 20.3 Å². The van der Waals surface area contributed by atoms with Crippen LogP contribution in [0.1, 0.15) is 19.4 Å². The molecule has 0 saturated heterocycles. The van der Waals surface area contributed by atoms with Gasteiger partial charge in [-0.15, -0.1) is 0 Å². The van der Waals surface area contributed by atoms with E-state index in [0.29, 0.717) is 5.30 Å². The van der Waals surface area contributed by atoms with Gasteiger partial charge in [-0.1, -0.05) is 19.1 Å². The average Bonchev–Trinajstić information content (AvgIpc) is 2.17. The number of benzene rings is 1. The molecule has 1 aromatic carbocycles. The minimum atomic E-state index is -2.17. The lowest BCUT2D eigenvalue weighted by atomic mass is 10.2. The van der Waals surface area contributed by atoms with Gasteiger partial charge < -0.3 is 5.73 Å². The van der Waals surface area contributed by atoms with Crippen LogP contribution in [0, 0.1) is 0 Å². The number of nitrogens with two attached hydrogens (primary N) is 1. The molecule has 0 aliphatic rings. The molecule has 1 unspecified atom stereocenters. The van der Waals surface area contributed by atoms with E-state index in [2.05, 4.69) is 5.73 Å². The summed E-state index contributed by atoms with van der Waals surface area (Å²) in [7, 11) is -2.17. The zero-order valence-electron chi connectivity index (χ0n) is 8.80. The van der Waals surface area contributed by atoms with Crippen LogP contribution in [0.4, 0.5) is 0 Å². The van der Waals surface area contributed by atoms with Crippen LogP contribution in [0.25, 0.3) is 0 Å². The molecule has 1 rings (SSSR count). The van der Waals surface area contributed by atoms with Crippen LogP contribution < -0.4 is 11.0 Å². The summed E-state index contributed by atoms with van der Waals surface area (Å²) in [6.07, 6.45) is 0.900. The number of hydrogen-bond donors (Lipinski definition) is 2. The summed E-state index contributed by atoms with van der Waals surface area (Å²) in [5.74, 6) is -0.333. The molecule has 5 heteroatoms. The third-order valence-electron chi connectivity index (χ3n) is 1.54. The molecule has 3 N–H and O–H groups in total. The second kappa shape index (κ2) is 7.10. The standard InChI is InChI=1S/C8H9O2P.C2H5NO/c1-2-7-4-3-5-8(6-7)11(9)10;1-2(3)4/h3-6H,2H2,1H3;1H3,(H2,3,4)/p+1. The van der Waals surface area contributed by atoms with Gasteiger partial charge in [-0.3, -0.25) is 4.79 Å². The molecule has 1 amide bonds. The van der Waals surface area contributed by atoms with E-state index in [4.69, 9.17) is 4.89 Å². The highest BCUT2D eigenvalue weighted by atomic mass is 31.1. The maximum Gasteiger partial charge on any atom is 0.546 e. The van der Waals surface area contributed by atoms with Gasteiger partial charge in [-0.25, -0.2) is 0 Å². The van der Waals surface area contributed by atoms with Gasteiger partial charge in [-0.2, -0.15) is 4.89 Å². The van der Waals surface area contributed by atoms with Crippen molar-refractivity contribution in [2.75, 3.05) is 0 Å². The predicted molar refractivity (Wildman–Crippen MR) is 60.1 cm³/mol. The molecule has 0 radical (unpaired) electrons. The normalized spacial score (nSPS) is 9.93. The van der Waals surface area contributed by atoms with Crippen LogP contribution >= 0.6 is 8.03 Å². The number of rotatable bonds is 2. The van der Waals surface area contributed by atoms with Gasteiger partial charge in [0.1, 0.15) is 0 Å². The second-order valence-electron chi connectivity index (χ2n) is 2.91. The number of carbonyl (C=O) groups excluding carboxylic acids is 1. The molecule has 0 spiro atoms. The lowest BCUT2D eigenvalue weighted by Gasteiger charge is -1.91. The van der Waals surface area contributed by atoms with Gasteiger partial charge in [0.05, 0.1) is 0 Å². The van der Waals surface area contributed by atoms with Crippen LogP contribution in [0.3, 0.4) is 0 Å². The van der Waals surface area contributed by atoms with Crippen molar-refractivity contribution in [3.8, 4) is 0 Å². The lowest BCUT2D eigenvalue weighted by molar-refractivity contribution is -0.115. The molecular formula is C10H15NO3P+. The quantitative estimate of drug-likeness (QED) is 0.744. The molecule has 1 aromatic rings. The largest absolute Gasteiger partial charge is 0.546 e. The van der Waals surface area contributed by atoms with Gasteiger partial charge in [0, 0.05) is 6.92 Å². The minimum absolute atomic E-state index is 0.333. The van der Waals surface area contributed by atoms with E-state index in [0.717, 1.165) is 12.0 Å². The van der Waals surface area contributed by atoms with Crippen LogP contribution in [0.15, 0.2) is 24.3 Å². The molecule has 0 aliphatic carbocycles. The highest BCUT2D eigenvalue weighted by Gasteiger charge is 2.14. The molecule has 0 aliphatic heterocycles. The number of amides is 1. The van der Waals surface area contributed by atoms with E-state index < -0.39 is 8.03 Å². The Hall–Kier alpha value is -1.25. The van der Waals surface area contributed by atoms with Gasteiger partial charge in [0.25, 0.3) is 0 Å². The monoisotopic (exact) mass is 228 g/mol. The third kappa shape index (κ3) is 6.77. The summed E-state index contributed by atoms with van der Waals surface area (Å²) in [4.78, 5) is 18.0. The first-order valence-corrected chi connectivity index (χ1v) is 5.69. The molecule has 0 saturated carbocycles. The first kappa shape index (κ1) is 13.8. The number of aryl methyl sites for hydroxylation is 1. The van der Waals surface area contributed by atoms with E-state index in [9.17, 15) is 9.36 Å². The first-order valence-electron chi connectivity index (χ1n) is 4.48. The Morgan fingerprint density at radius 2 is 2.07 bits per heavy atom. The summed E-state index contributed by atoms with van der Waals surface area (Å²) < 4.78 is 10.6. The van der Waals surface area contributed by atoms with Crippen LogP contribution in [0.2, 0.25) is 0 Å². The third-order valence-corrected chi connectivity index (χ3v) is 2.26. The SMILES string of the molecule is CC(N)=O.CCc1cccc([P+](=O)O)c1. The second-order valence-corrected chi connectivity index (χ2v) is 3.97. The molecule has 0 bridgehead atoms. The van der Waals surface area contributed by atoms with Crippen molar-refractivity contribution in [3.63, 3.8) is 0 Å². The van der Waals surface area contributed by atoms with Crippen molar-refractivity contribution < 1.29 is 14.3 Å². The van der Waals surface area contributed by atoms with Crippen molar-refractivity contribution in [3.05, 3.63) is 29.8 Å². The van der Waals surface area contributed by atoms with Crippen LogP contribution in [-0.4, -0.2) is 10.8 Å². The van der Waals surface area contributed by atoms with Crippen molar-refractivity contribution in [1.82, 2.24) is 0 Å². The number of primary amides is 1. The van der Waals surface area contributed by atoms with E-state index in [1.54, 1.807) is 18.2 Å². The Bertz CT molecular complexity index is 348. The minimum Gasteiger partial charge on any atom is -0.370 e. The van der Waals surface area contributed by atoms with E-state index in [1.165, 1.54) is 6.92 Å². The van der Waals surface area contributed by atoms with E-state index >= 15 is 0 Å². The number of carbonyl (C=O) groups is 1. The van der Waals surface area contributed by atoms with Crippen LogP contribution in [-0.2, 0) is 15.8 Å². The Morgan fingerprint density at radius 1 is 1.53 bits per heavy atom. The fourth-order valence-electron chi connectivity index (χ4n) is 0.895. The maximum atomic E-state index is 10.6. The van der Waals surface area contributed by atoms with Gasteiger partial charge in [0.2, 0.25) is 11.2 Å². The Morgan fingerprint density at radius 3 is 2.47 bits per heavy atom. The fourth-order valence-corrected chi connectivity index (χ4v) is 1.39. The van der Waals surface area contributed by atoms with E-state index in [1.807, 2.05) is 13.0 Å². The maximum absolute atomic E-state index is 10.6.